The first-order chi connectivity index (χ1) is 16.1. The van der Waals surface area contributed by atoms with Crippen molar-refractivity contribution < 1.29 is 4.74 Å². The molecule has 0 radical (unpaired) electrons. The second-order valence-electron chi connectivity index (χ2n) is 9.05. The molecule has 0 aliphatic carbocycles. The fourth-order valence-electron chi connectivity index (χ4n) is 4.64. The predicted molar refractivity (Wildman–Crippen MR) is 132 cm³/mol. The lowest BCUT2D eigenvalue weighted by atomic mass is 9.90. The highest BCUT2D eigenvalue weighted by Crippen LogP contribution is 2.36. The van der Waals surface area contributed by atoms with Crippen LogP contribution in [0.15, 0.2) is 55.0 Å². The van der Waals surface area contributed by atoms with Crippen molar-refractivity contribution >= 4 is 16.7 Å². The highest BCUT2D eigenvalue weighted by molar-refractivity contribution is 5.83. The van der Waals surface area contributed by atoms with Crippen molar-refractivity contribution in [1.29, 1.82) is 0 Å². The SMILES string of the molecule is Cc1cc(C(C)CC(C)CNc2cc(-c3ccc4ncccc4c3)ncn2)c2c(n1)CCO2. The lowest BCUT2D eigenvalue weighted by molar-refractivity contribution is 0.349. The van der Waals surface area contributed by atoms with E-state index in [1.807, 2.05) is 24.4 Å². The number of rotatable bonds is 7. The molecule has 33 heavy (non-hydrogen) atoms. The molecule has 6 heteroatoms. The van der Waals surface area contributed by atoms with E-state index in [0.717, 1.165) is 71.1 Å². The lowest BCUT2D eigenvalue weighted by Crippen LogP contribution is -2.15. The van der Waals surface area contributed by atoms with Crippen molar-refractivity contribution in [2.24, 2.45) is 5.92 Å². The number of aryl methyl sites for hydroxylation is 1. The van der Waals surface area contributed by atoms with E-state index in [4.69, 9.17) is 4.74 Å². The molecule has 0 bridgehead atoms. The number of ether oxygens (including phenoxy) is 1. The summed E-state index contributed by atoms with van der Waals surface area (Å²) >= 11 is 0. The van der Waals surface area contributed by atoms with Gasteiger partial charge in [0, 0.05) is 47.4 Å². The molecule has 5 rings (SSSR count). The molecule has 0 amide bonds. The van der Waals surface area contributed by atoms with E-state index in [1.54, 1.807) is 6.33 Å². The summed E-state index contributed by atoms with van der Waals surface area (Å²) < 4.78 is 5.90. The van der Waals surface area contributed by atoms with Gasteiger partial charge in [-0.1, -0.05) is 26.0 Å². The standard InChI is InChI=1S/C27H29N5O/c1-17(11-18(2)22-12-19(3)32-24-8-10-33-27(22)24)15-29-26-14-25(30-16-31-26)21-6-7-23-20(13-21)5-4-9-28-23/h4-7,9,12-14,16-18H,8,10-11,15H2,1-3H3,(H,29,30,31). The fourth-order valence-corrected chi connectivity index (χ4v) is 4.64. The van der Waals surface area contributed by atoms with Crippen LogP contribution in [0, 0.1) is 12.8 Å². The zero-order chi connectivity index (χ0) is 22.8. The van der Waals surface area contributed by atoms with E-state index in [-0.39, 0.29) is 0 Å². The number of hydrogen-bond acceptors (Lipinski definition) is 6. The Balaban J connectivity index is 1.24. The second-order valence-corrected chi connectivity index (χ2v) is 9.05. The molecule has 0 saturated carbocycles. The lowest BCUT2D eigenvalue weighted by Gasteiger charge is -2.20. The largest absolute Gasteiger partial charge is 0.491 e. The Hall–Kier alpha value is -3.54. The van der Waals surface area contributed by atoms with Crippen molar-refractivity contribution in [3.8, 4) is 17.0 Å². The van der Waals surface area contributed by atoms with Crippen LogP contribution in [0.1, 0.15) is 43.1 Å². The number of nitrogens with zero attached hydrogens (tertiary/aromatic N) is 4. The molecule has 0 saturated heterocycles. The molecule has 4 aromatic rings. The van der Waals surface area contributed by atoms with E-state index in [9.17, 15) is 0 Å². The minimum atomic E-state index is 0.405. The monoisotopic (exact) mass is 439 g/mol. The van der Waals surface area contributed by atoms with Crippen molar-refractivity contribution in [2.75, 3.05) is 18.5 Å². The molecule has 168 valence electrons. The van der Waals surface area contributed by atoms with E-state index in [2.05, 4.69) is 70.3 Å². The molecule has 1 aliphatic heterocycles. The number of fused-ring (bicyclic) bond motifs is 2. The second kappa shape index (κ2) is 9.14. The van der Waals surface area contributed by atoms with Gasteiger partial charge in [-0.05, 0) is 49.4 Å². The maximum atomic E-state index is 5.90. The maximum absolute atomic E-state index is 5.90. The van der Waals surface area contributed by atoms with Crippen LogP contribution in [0.4, 0.5) is 5.82 Å². The number of anilines is 1. The molecule has 1 aliphatic rings. The highest BCUT2D eigenvalue weighted by Gasteiger charge is 2.23. The van der Waals surface area contributed by atoms with Gasteiger partial charge in [0.1, 0.15) is 17.9 Å². The van der Waals surface area contributed by atoms with E-state index < -0.39 is 0 Å². The van der Waals surface area contributed by atoms with Gasteiger partial charge in [-0.15, -0.1) is 0 Å². The molecule has 1 aromatic carbocycles. The third-order valence-electron chi connectivity index (χ3n) is 6.27. The number of benzene rings is 1. The summed E-state index contributed by atoms with van der Waals surface area (Å²) in [5, 5.41) is 4.61. The average molecular weight is 440 g/mol. The normalized spacial score (nSPS) is 14.5. The maximum Gasteiger partial charge on any atom is 0.144 e. The number of hydrogen-bond donors (Lipinski definition) is 1. The molecule has 1 N–H and O–H groups in total. The Kier molecular flexibility index (Phi) is 5.90. The van der Waals surface area contributed by atoms with Crippen LogP contribution in [0.2, 0.25) is 0 Å². The average Bonchev–Trinajstić information content (AvgIpc) is 3.30. The third-order valence-corrected chi connectivity index (χ3v) is 6.27. The van der Waals surface area contributed by atoms with Gasteiger partial charge in [-0.3, -0.25) is 9.97 Å². The van der Waals surface area contributed by atoms with Gasteiger partial charge in [0.25, 0.3) is 0 Å². The quantitative estimate of drug-likeness (QED) is 0.406. The van der Waals surface area contributed by atoms with Gasteiger partial charge < -0.3 is 10.1 Å². The molecular formula is C27H29N5O. The van der Waals surface area contributed by atoms with E-state index >= 15 is 0 Å². The molecule has 2 unspecified atom stereocenters. The first-order valence-electron chi connectivity index (χ1n) is 11.6. The summed E-state index contributed by atoms with van der Waals surface area (Å²) in [5.74, 6) is 2.73. The van der Waals surface area contributed by atoms with Gasteiger partial charge >= 0.3 is 0 Å². The van der Waals surface area contributed by atoms with Crippen molar-refractivity contribution in [3.05, 3.63) is 71.9 Å². The van der Waals surface area contributed by atoms with Crippen LogP contribution in [0.5, 0.6) is 5.75 Å². The summed E-state index contributed by atoms with van der Waals surface area (Å²) in [5.41, 5.74) is 6.42. The van der Waals surface area contributed by atoms with E-state index in [0.29, 0.717) is 11.8 Å². The topological polar surface area (TPSA) is 72.8 Å². The van der Waals surface area contributed by atoms with Gasteiger partial charge in [0.15, 0.2) is 0 Å². The summed E-state index contributed by atoms with van der Waals surface area (Å²) in [6, 6.07) is 14.4. The Labute approximate surface area is 194 Å². The Morgan fingerprint density at radius 1 is 1.06 bits per heavy atom. The van der Waals surface area contributed by atoms with Crippen LogP contribution in [0.3, 0.4) is 0 Å². The highest BCUT2D eigenvalue weighted by atomic mass is 16.5. The first kappa shape index (κ1) is 21.3. The molecule has 4 heterocycles. The zero-order valence-corrected chi connectivity index (χ0v) is 19.4. The third kappa shape index (κ3) is 4.65. The van der Waals surface area contributed by atoms with Crippen LogP contribution in [0.25, 0.3) is 22.2 Å². The summed E-state index contributed by atoms with van der Waals surface area (Å²) in [6.07, 6.45) is 5.41. The minimum Gasteiger partial charge on any atom is -0.491 e. The van der Waals surface area contributed by atoms with Gasteiger partial charge in [0.05, 0.1) is 23.5 Å². The molecular weight excluding hydrogens is 410 g/mol. The molecule has 0 fully saturated rings. The van der Waals surface area contributed by atoms with Crippen molar-refractivity contribution in [2.45, 2.75) is 39.5 Å². The van der Waals surface area contributed by atoms with Gasteiger partial charge in [-0.2, -0.15) is 0 Å². The van der Waals surface area contributed by atoms with Crippen LogP contribution in [-0.4, -0.2) is 33.1 Å². The fraction of sp³-hybridized carbons (Fsp3) is 0.333. The van der Waals surface area contributed by atoms with Crippen LogP contribution < -0.4 is 10.1 Å². The summed E-state index contributed by atoms with van der Waals surface area (Å²) in [6.45, 7) is 8.21. The summed E-state index contributed by atoms with van der Waals surface area (Å²) in [7, 11) is 0. The van der Waals surface area contributed by atoms with Gasteiger partial charge in [0.2, 0.25) is 0 Å². The molecule has 3 aromatic heterocycles. The number of aromatic nitrogens is 4. The van der Waals surface area contributed by atoms with Crippen molar-refractivity contribution in [3.63, 3.8) is 0 Å². The van der Waals surface area contributed by atoms with E-state index in [1.165, 1.54) is 5.56 Å². The molecule has 0 spiro atoms. The smallest absolute Gasteiger partial charge is 0.144 e. The van der Waals surface area contributed by atoms with Crippen LogP contribution in [-0.2, 0) is 6.42 Å². The predicted octanol–water partition coefficient (Wildman–Crippen LogP) is 5.57. The summed E-state index contributed by atoms with van der Waals surface area (Å²) in [4.78, 5) is 18.0. The number of nitrogens with one attached hydrogen (secondary N) is 1. The zero-order valence-electron chi connectivity index (χ0n) is 19.4. The Morgan fingerprint density at radius 3 is 2.88 bits per heavy atom. The van der Waals surface area contributed by atoms with Crippen LogP contribution >= 0.6 is 0 Å². The minimum absolute atomic E-state index is 0.405. The van der Waals surface area contributed by atoms with Gasteiger partial charge in [-0.25, -0.2) is 9.97 Å². The molecule has 2 atom stereocenters. The molecule has 6 nitrogen and oxygen atoms in total. The van der Waals surface area contributed by atoms with Crippen molar-refractivity contribution in [1.82, 2.24) is 19.9 Å². The Morgan fingerprint density at radius 2 is 1.97 bits per heavy atom. The first-order valence-corrected chi connectivity index (χ1v) is 11.6. The Bertz CT molecular complexity index is 1290. The number of pyridine rings is 2.